The van der Waals surface area contributed by atoms with Gasteiger partial charge >= 0.3 is 5.97 Å². The van der Waals surface area contributed by atoms with Gasteiger partial charge in [-0.3, -0.25) is 4.79 Å². The van der Waals surface area contributed by atoms with E-state index in [-0.39, 0.29) is 5.56 Å². The van der Waals surface area contributed by atoms with Gasteiger partial charge in [0.25, 0.3) is 5.91 Å². The molecule has 1 aliphatic rings. The van der Waals surface area contributed by atoms with Crippen molar-refractivity contribution >= 4 is 33.5 Å². The predicted octanol–water partition coefficient (Wildman–Crippen LogP) is 3.15. The molecule has 0 saturated heterocycles. The fourth-order valence-corrected chi connectivity index (χ4v) is 2.59. The molecule has 0 spiro atoms. The van der Waals surface area contributed by atoms with Gasteiger partial charge in [0.15, 0.2) is 18.1 Å². The average Bonchev–Trinajstić information content (AvgIpc) is 2.61. The molecule has 0 aliphatic carbocycles. The lowest BCUT2D eigenvalue weighted by Crippen LogP contribution is -2.21. The number of rotatable bonds is 4. The van der Waals surface area contributed by atoms with Crippen LogP contribution in [-0.4, -0.2) is 31.7 Å². The highest BCUT2D eigenvalue weighted by atomic mass is 79.9. The van der Waals surface area contributed by atoms with Crippen LogP contribution < -0.4 is 14.8 Å². The lowest BCUT2D eigenvalue weighted by molar-refractivity contribution is -0.119. The smallest absolute Gasteiger partial charge is 0.339 e. The van der Waals surface area contributed by atoms with E-state index in [4.69, 9.17) is 14.2 Å². The van der Waals surface area contributed by atoms with Crippen LogP contribution in [0.25, 0.3) is 0 Å². The molecule has 0 fully saturated rings. The molecule has 130 valence electrons. The Hall–Kier alpha value is -2.61. The number of hydrogen-bond donors (Lipinski definition) is 1. The number of carbonyl (C=O) groups excluding carboxylic acids is 2. The average molecular weight is 410 g/mol. The van der Waals surface area contributed by atoms with Crippen molar-refractivity contribution in [2.45, 2.75) is 0 Å². The molecule has 6 nitrogen and oxygen atoms in total. The van der Waals surface area contributed by atoms with Crippen molar-refractivity contribution in [1.82, 2.24) is 0 Å². The molecular formula is C17H13BrFNO5. The number of nitrogens with one attached hydrogen (secondary N) is 1. The molecule has 0 aromatic heterocycles. The van der Waals surface area contributed by atoms with E-state index >= 15 is 0 Å². The first-order valence-electron chi connectivity index (χ1n) is 7.34. The molecule has 2 aromatic carbocycles. The van der Waals surface area contributed by atoms with Crippen molar-refractivity contribution in [2.24, 2.45) is 0 Å². The topological polar surface area (TPSA) is 73.9 Å². The summed E-state index contributed by atoms with van der Waals surface area (Å²) in [5.41, 5.74) is 0.490. The summed E-state index contributed by atoms with van der Waals surface area (Å²) >= 11 is 3.13. The minimum Gasteiger partial charge on any atom is -0.486 e. The first kappa shape index (κ1) is 17.2. The summed E-state index contributed by atoms with van der Waals surface area (Å²) in [6.07, 6.45) is 0. The molecule has 1 amide bonds. The zero-order valence-corrected chi connectivity index (χ0v) is 14.5. The molecule has 8 heteroatoms. The van der Waals surface area contributed by atoms with Gasteiger partial charge in [0.05, 0.1) is 5.56 Å². The van der Waals surface area contributed by atoms with Crippen molar-refractivity contribution in [1.29, 1.82) is 0 Å². The van der Waals surface area contributed by atoms with Gasteiger partial charge in [-0.2, -0.15) is 0 Å². The molecule has 0 bridgehead atoms. The first-order valence-corrected chi connectivity index (χ1v) is 8.14. The number of anilines is 1. The lowest BCUT2D eigenvalue weighted by Gasteiger charge is -2.19. The van der Waals surface area contributed by atoms with Crippen LogP contribution in [0.4, 0.5) is 10.1 Å². The lowest BCUT2D eigenvalue weighted by atomic mass is 10.2. The first-order chi connectivity index (χ1) is 12.0. The van der Waals surface area contributed by atoms with Crippen molar-refractivity contribution in [2.75, 3.05) is 25.1 Å². The second-order valence-electron chi connectivity index (χ2n) is 5.11. The van der Waals surface area contributed by atoms with Crippen LogP contribution in [0.2, 0.25) is 0 Å². The molecule has 1 heterocycles. The number of hydrogen-bond acceptors (Lipinski definition) is 5. The third-order valence-corrected chi connectivity index (χ3v) is 4.00. The van der Waals surface area contributed by atoms with Gasteiger partial charge in [-0.25, -0.2) is 9.18 Å². The van der Waals surface area contributed by atoms with E-state index in [1.54, 1.807) is 18.2 Å². The minimum absolute atomic E-state index is 0.00660. The van der Waals surface area contributed by atoms with E-state index in [2.05, 4.69) is 21.2 Å². The molecule has 25 heavy (non-hydrogen) atoms. The van der Waals surface area contributed by atoms with Crippen molar-refractivity contribution in [3.63, 3.8) is 0 Å². The summed E-state index contributed by atoms with van der Waals surface area (Å²) in [4.78, 5) is 23.9. The highest BCUT2D eigenvalue weighted by molar-refractivity contribution is 9.10. The molecule has 0 radical (unpaired) electrons. The fraction of sp³-hybridized carbons (Fsp3) is 0.176. The van der Waals surface area contributed by atoms with Crippen LogP contribution in [0.3, 0.4) is 0 Å². The van der Waals surface area contributed by atoms with Crippen LogP contribution >= 0.6 is 15.9 Å². The summed E-state index contributed by atoms with van der Waals surface area (Å²) in [6.45, 7) is 0.408. The Morgan fingerprint density at radius 3 is 2.68 bits per heavy atom. The number of halogens is 2. The maximum absolute atomic E-state index is 13.2. The summed E-state index contributed by atoms with van der Waals surface area (Å²) in [7, 11) is 0. The zero-order chi connectivity index (χ0) is 17.8. The van der Waals surface area contributed by atoms with E-state index in [0.717, 1.165) is 6.07 Å². The Balaban J connectivity index is 1.58. The summed E-state index contributed by atoms with van der Waals surface area (Å²) < 4.78 is 29.3. The van der Waals surface area contributed by atoms with E-state index in [1.807, 2.05) is 0 Å². The second kappa shape index (κ2) is 7.52. The largest absolute Gasteiger partial charge is 0.486 e. The highest BCUT2D eigenvalue weighted by Gasteiger charge is 2.16. The van der Waals surface area contributed by atoms with Crippen LogP contribution in [0.15, 0.2) is 40.9 Å². The normalized spacial score (nSPS) is 12.4. The number of benzene rings is 2. The van der Waals surface area contributed by atoms with E-state index in [9.17, 15) is 14.0 Å². The van der Waals surface area contributed by atoms with Crippen molar-refractivity contribution in [3.05, 3.63) is 52.3 Å². The maximum atomic E-state index is 13.2. The third kappa shape index (κ3) is 4.27. The van der Waals surface area contributed by atoms with Gasteiger partial charge in [0.1, 0.15) is 19.0 Å². The molecule has 1 N–H and O–H groups in total. The second-order valence-corrected chi connectivity index (χ2v) is 5.96. The van der Waals surface area contributed by atoms with Crippen molar-refractivity contribution < 1.29 is 28.2 Å². The summed E-state index contributed by atoms with van der Waals surface area (Å²) in [6, 6.07) is 8.58. The molecule has 0 atom stereocenters. The molecule has 1 aliphatic heterocycles. The summed E-state index contributed by atoms with van der Waals surface area (Å²) in [5, 5.41) is 2.59. The molecule has 2 aromatic rings. The predicted molar refractivity (Wildman–Crippen MR) is 90.4 cm³/mol. The third-order valence-electron chi connectivity index (χ3n) is 3.31. The van der Waals surface area contributed by atoms with Gasteiger partial charge in [-0.1, -0.05) is 0 Å². The SMILES string of the molecule is O=C(COC(=O)c1cc(F)ccc1Br)Nc1ccc2c(c1)OCCO2. The Labute approximate surface area is 151 Å². The van der Waals surface area contributed by atoms with Gasteiger partial charge in [-0.15, -0.1) is 0 Å². The molecule has 3 rings (SSSR count). The number of amides is 1. The van der Waals surface area contributed by atoms with E-state index in [0.29, 0.717) is 34.9 Å². The number of esters is 1. The Kier molecular flexibility index (Phi) is 5.18. The number of ether oxygens (including phenoxy) is 3. The molecule has 0 unspecified atom stereocenters. The number of fused-ring (bicyclic) bond motifs is 1. The van der Waals surface area contributed by atoms with Crippen LogP contribution in [-0.2, 0) is 9.53 Å². The standard InChI is InChI=1S/C17H13BrFNO5/c18-13-3-1-10(19)7-12(13)17(22)25-9-16(21)20-11-2-4-14-15(8-11)24-6-5-23-14/h1-4,7-8H,5-6,9H2,(H,20,21). The van der Waals surface area contributed by atoms with Crippen LogP contribution in [0.1, 0.15) is 10.4 Å². The highest BCUT2D eigenvalue weighted by Crippen LogP contribution is 2.32. The quantitative estimate of drug-likeness (QED) is 0.785. The Bertz CT molecular complexity index is 827. The Morgan fingerprint density at radius 1 is 1.12 bits per heavy atom. The Morgan fingerprint density at radius 2 is 1.88 bits per heavy atom. The maximum Gasteiger partial charge on any atom is 0.339 e. The monoisotopic (exact) mass is 409 g/mol. The van der Waals surface area contributed by atoms with Crippen molar-refractivity contribution in [3.8, 4) is 11.5 Å². The van der Waals surface area contributed by atoms with Gasteiger partial charge in [0.2, 0.25) is 0 Å². The van der Waals surface area contributed by atoms with Crippen LogP contribution in [0, 0.1) is 5.82 Å². The number of carbonyl (C=O) groups is 2. The van der Waals surface area contributed by atoms with Crippen LogP contribution in [0.5, 0.6) is 11.5 Å². The van der Waals surface area contributed by atoms with Gasteiger partial charge in [0, 0.05) is 16.2 Å². The minimum atomic E-state index is -0.802. The zero-order valence-electron chi connectivity index (χ0n) is 12.9. The fourth-order valence-electron chi connectivity index (χ4n) is 2.18. The van der Waals surface area contributed by atoms with Gasteiger partial charge in [-0.05, 0) is 46.3 Å². The molecule has 0 saturated carbocycles. The van der Waals surface area contributed by atoms with E-state index < -0.39 is 24.3 Å². The van der Waals surface area contributed by atoms with E-state index in [1.165, 1.54) is 12.1 Å². The molecular weight excluding hydrogens is 397 g/mol. The van der Waals surface area contributed by atoms with Gasteiger partial charge < -0.3 is 19.5 Å². The summed E-state index contributed by atoms with van der Waals surface area (Å²) in [5.74, 6) is -0.770.